The Balaban J connectivity index is 1.33. The topological polar surface area (TPSA) is 75.4 Å². The normalized spacial score (nSPS) is 16.3. The molecule has 4 rings (SSSR count). The number of piperidine rings is 1. The van der Waals surface area contributed by atoms with Crippen LogP contribution in [0.25, 0.3) is 11.3 Å². The first-order chi connectivity index (χ1) is 14.6. The van der Waals surface area contributed by atoms with Crippen LogP contribution in [0.3, 0.4) is 0 Å². The van der Waals surface area contributed by atoms with Gasteiger partial charge in [-0.05, 0) is 31.9 Å². The Morgan fingerprint density at radius 1 is 1.13 bits per heavy atom. The number of hydrogen-bond acceptors (Lipinski definition) is 4. The van der Waals surface area contributed by atoms with E-state index in [0.29, 0.717) is 36.7 Å². The average Bonchev–Trinajstić information content (AvgIpc) is 3.27. The van der Waals surface area contributed by atoms with E-state index in [-0.39, 0.29) is 17.7 Å². The maximum Gasteiger partial charge on any atom is 0.253 e. The maximum atomic E-state index is 12.8. The van der Waals surface area contributed by atoms with E-state index in [0.717, 1.165) is 24.0 Å². The van der Waals surface area contributed by atoms with Gasteiger partial charge in [-0.1, -0.05) is 53.2 Å². The van der Waals surface area contributed by atoms with E-state index in [1.54, 1.807) is 4.90 Å². The molecule has 2 amide bonds. The number of benzene rings is 2. The number of hydrogen-bond donors (Lipinski definition) is 1. The second-order valence-electron chi connectivity index (χ2n) is 7.72. The summed E-state index contributed by atoms with van der Waals surface area (Å²) in [6.45, 7) is 3.41. The Hall–Kier alpha value is -3.41. The van der Waals surface area contributed by atoms with Gasteiger partial charge in [0.2, 0.25) is 5.91 Å². The third kappa shape index (κ3) is 4.59. The van der Waals surface area contributed by atoms with Crippen LogP contribution in [0.5, 0.6) is 0 Å². The fourth-order valence-electron chi connectivity index (χ4n) is 3.71. The molecule has 1 fully saturated rings. The lowest BCUT2D eigenvalue weighted by Gasteiger charge is -2.32. The number of carbonyl (C=O) groups is 2. The summed E-state index contributed by atoms with van der Waals surface area (Å²) < 4.78 is 5.38. The Bertz CT molecular complexity index is 1010. The number of likely N-dealkylation sites (tertiary alicyclic amines) is 1. The third-order valence-electron chi connectivity index (χ3n) is 5.44. The van der Waals surface area contributed by atoms with Gasteiger partial charge < -0.3 is 14.7 Å². The van der Waals surface area contributed by atoms with Crippen LogP contribution >= 0.6 is 0 Å². The molecule has 30 heavy (non-hydrogen) atoms. The zero-order valence-electron chi connectivity index (χ0n) is 17.0. The Labute approximate surface area is 175 Å². The molecule has 0 radical (unpaired) electrons. The van der Waals surface area contributed by atoms with Gasteiger partial charge in [0.05, 0.1) is 12.5 Å². The van der Waals surface area contributed by atoms with Gasteiger partial charge in [0.15, 0.2) is 5.76 Å². The van der Waals surface area contributed by atoms with Crippen LogP contribution in [0.2, 0.25) is 0 Å². The van der Waals surface area contributed by atoms with Crippen molar-refractivity contribution in [2.45, 2.75) is 26.3 Å². The summed E-state index contributed by atoms with van der Waals surface area (Å²) in [6.07, 6.45) is 1.59. The predicted octanol–water partition coefficient (Wildman–Crippen LogP) is 3.82. The molecule has 1 N–H and O–H groups in total. The van der Waals surface area contributed by atoms with Crippen molar-refractivity contribution < 1.29 is 14.1 Å². The van der Waals surface area contributed by atoms with Crippen LogP contribution in [0.15, 0.2) is 65.2 Å². The first-order valence-corrected chi connectivity index (χ1v) is 10.2. The molecule has 6 nitrogen and oxygen atoms in total. The van der Waals surface area contributed by atoms with Gasteiger partial charge in [-0.15, -0.1) is 0 Å². The van der Waals surface area contributed by atoms with Crippen molar-refractivity contribution >= 4 is 11.8 Å². The number of nitrogens with zero attached hydrogens (tertiary/aromatic N) is 2. The number of amides is 2. The lowest BCUT2D eigenvalue weighted by atomic mass is 9.96. The van der Waals surface area contributed by atoms with Gasteiger partial charge in [-0.2, -0.15) is 0 Å². The smallest absolute Gasteiger partial charge is 0.253 e. The summed E-state index contributed by atoms with van der Waals surface area (Å²) in [5, 5.41) is 6.99. The summed E-state index contributed by atoms with van der Waals surface area (Å²) in [5.74, 6) is 0.387. The fourth-order valence-corrected chi connectivity index (χ4v) is 3.71. The van der Waals surface area contributed by atoms with Crippen molar-refractivity contribution in [1.29, 1.82) is 0 Å². The lowest BCUT2D eigenvalue weighted by Crippen LogP contribution is -2.45. The molecule has 1 aliphatic heterocycles. The van der Waals surface area contributed by atoms with Crippen LogP contribution in [-0.2, 0) is 11.3 Å². The molecule has 0 unspecified atom stereocenters. The van der Waals surface area contributed by atoms with Crippen LogP contribution in [0, 0.1) is 12.8 Å². The summed E-state index contributed by atoms with van der Waals surface area (Å²) in [6, 6.07) is 19.1. The Morgan fingerprint density at radius 2 is 1.90 bits per heavy atom. The molecule has 0 bridgehead atoms. The van der Waals surface area contributed by atoms with Crippen LogP contribution in [0.4, 0.5) is 0 Å². The molecule has 6 heteroatoms. The number of aromatic nitrogens is 1. The zero-order valence-corrected chi connectivity index (χ0v) is 17.0. The van der Waals surface area contributed by atoms with Crippen LogP contribution in [-0.4, -0.2) is 35.0 Å². The molecule has 2 heterocycles. The molecule has 3 aromatic rings. The highest BCUT2D eigenvalue weighted by Gasteiger charge is 2.29. The average molecular weight is 403 g/mol. The molecule has 1 saturated heterocycles. The molecular formula is C24H25N3O3. The van der Waals surface area contributed by atoms with E-state index in [1.165, 1.54) is 0 Å². The van der Waals surface area contributed by atoms with Crippen molar-refractivity contribution in [2.24, 2.45) is 5.92 Å². The van der Waals surface area contributed by atoms with E-state index in [2.05, 4.69) is 10.5 Å². The molecule has 1 aliphatic rings. The van der Waals surface area contributed by atoms with Crippen LogP contribution in [0.1, 0.15) is 34.5 Å². The van der Waals surface area contributed by atoms with Gasteiger partial charge >= 0.3 is 0 Å². The lowest BCUT2D eigenvalue weighted by molar-refractivity contribution is -0.126. The van der Waals surface area contributed by atoms with Crippen LogP contribution < -0.4 is 5.32 Å². The second-order valence-corrected chi connectivity index (χ2v) is 7.72. The number of aryl methyl sites for hydroxylation is 1. The number of rotatable bonds is 5. The molecule has 0 spiro atoms. The summed E-state index contributed by atoms with van der Waals surface area (Å²) >= 11 is 0. The highest BCUT2D eigenvalue weighted by atomic mass is 16.5. The SMILES string of the molecule is Cc1ccc(C(=O)N2CCC[C@H](C(=O)NCc3cc(-c4ccccc4)on3)C2)cc1. The van der Waals surface area contributed by atoms with E-state index >= 15 is 0 Å². The van der Waals surface area contributed by atoms with E-state index < -0.39 is 0 Å². The van der Waals surface area contributed by atoms with E-state index in [9.17, 15) is 9.59 Å². The third-order valence-corrected chi connectivity index (χ3v) is 5.44. The summed E-state index contributed by atoms with van der Waals surface area (Å²) in [7, 11) is 0. The summed E-state index contributed by atoms with van der Waals surface area (Å²) in [4.78, 5) is 27.2. The number of nitrogens with one attached hydrogen (secondary N) is 1. The quantitative estimate of drug-likeness (QED) is 0.703. The minimum atomic E-state index is -0.214. The van der Waals surface area contributed by atoms with Crippen molar-refractivity contribution in [3.05, 3.63) is 77.5 Å². The van der Waals surface area contributed by atoms with E-state index in [4.69, 9.17) is 4.52 Å². The van der Waals surface area contributed by atoms with Gasteiger partial charge in [0.25, 0.3) is 5.91 Å². The largest absolute Gasteiger partial charge is 0.356 e. The molecule has 1 aromatic heterocycles. The first kappa shape index (κ1) is 19.9. The monoisotopic (exact) mass is 403 g/mol. The predicted molar refractivity (Wildman–Crippen MR) is 114 cm³/mol. The molecule has 1 atom stereocenters. The van der Waals surface area contributed by atoms with Gasteiger partial charge in [-0.3, -0.25) is 9.59 Å². The Kier molecular flexibility index (Phi) is 5.93. The summed E-state index contributed by atoms with van der Waals surface area (Å²) in [5.41, 5.74) is 3.40. The molecule has 2 aromatic carbocycles. The standard InChI is InChI=1S/C24H25N3O3/c1-17-9-11-19(12-10-17)24(29)27-13-5-8-20(16-27)23(28)25-15-21-14-22(30-26-21)18-6-3-2-4-7-18/h2-4,6-7,9-12,14,20H,5,8,13,15-16H2,1H3,(H,25,28)/t20-/m0/s1. The highest BCUT2D eigenvalue weighted by Crippen LogP contribution is 2.21. The highest BCUT2D eigenvalue weighted by molar-refractivity contribution is 5.94. The first-order valence-electron chi connectivity index (χ1n) is 10.2. The van der Waals surface area contributed by atoms with Gasteiger partial charge in [0, 0.05) is 30.3 Å². The molecule has 154 valence electrons. The minimum Gasteiger partial charge on any atom is -0.356 e. The van der Waals surface area contributed by atoms with E-state index in [1.807, 2.05) is 67.6 Å². The van der Waals surface area contributed by atoms with Gasteiger partial charge in [-0.25, -0.2) is 0 Å². The zero-order chi connectivity index (χ0) is 20.9. The molecular weight excluding hydrogens is 378 g/mol. The molecule has 0 saturated carbocycles. The van der Waals surface area contributed by atoms with Gasteiger partial charge in [0.1, 0.15) is 5.69 Å². The van der Waals surface area contributed by atoms with Crippen molar-refractivity contribution in [2.75, 3.05) is 13.1 Å². The second kappa shape index (κ2) is 8.95. The fraction of sp³-hybridized carbons (Fsp3) is 0.292. The number of carbonyl (C=O) groups excluding carboxylic acids is 2. The maximum absolute atomic E-state index is 12.8. The van der Waals surface area contributed by atoms with Crippen molar-refractivity contribution in [3.8, 4) is 11.3 Å². The van der Waals surface area contributed by atoms with Crippen molar-refractivity contribution in [3.63, 3.8) is 0 Å². The van der Waals surface area contributed by atoms with Crippen molar-refractivity contribution in [1.82, 2.24) is 15.4 Å². The minimum absolute atomic E-state index is 0.0171. The molecule has 0 aliphatic carbocycles. The Morgan fingerprint density at radius 3 is 2.67 bits per heavy atom.